The van der Waals surface area contributed by atoms with E-state index in [-0.39, 0.29) is 17.9 Å². The number of hydrogen-bond donors (Lipinski definition) is 2. The first kappa shape index (κ1) is 13.8. The molecule has 0 heterocycles. The van der Waals surface area contributed by atoms with E-state index in [2.05, 4.69) is 5.32 Å². The van der Waals surface area contributed by atoms with Gasteiger partial charge in [0.15, 0.2) is 0 Å². The highest BCUT2D eigenvalue weighted by Crippen LogP contribution is 2.32. The van der Waals surface area contributed by atoms with Gasteiger partial charge in [0.1, 0.15) is 0 Å². The first-order chi connectivity index (χ1) is 7.91. The van der Waals surface area contributed by atoms with Crippen molar-refractivity contribution >= 4 is 40.8 Å². The van der Waals surface area contributed by atoms with Crippen LogP contribution in [0.1, 0.15) is 18.4 Å². The van der Waals surface area contributed by atoms with Crippen LogP contribution in [0.25, 0.3) is 0 Å². The van der Waals surface area contributed by atoms with Crippen LogP contribution in [0.5, 0.6) is 0 Å². The Kier molecular flexibility index (Phi) is 4.78. The number of carbonyl (C=O) groups excluding carboxylic acids is 1. The molecular formula is C11H11Cl2NO3. The predicted molar refractivity (Wildman–Crippen MR) is 66.7 cm³/mol. The number of hydrogen-bond acceptors (Lipinski definition) is 2. The smallest absolute Gasteiger partial charge is 0.303 e. The first-order valence-electron chi connectivity index (χ1n) is 4.88. The molecule has 0 bridgehead atoms. The van der Waals surface area contributed by atoms with E-state index in [9.17, 15) is 9.59 Å². The molecule has 2 N–H and O–H groups in total. The van der Waals surface area contributed by atoms with Gasteiger partial charge in [-0.1, -0.05) is 29.3 Å². The molecule has 0 aliphatic carbocycles. The van der Waals surface area contributed by atoms with Gasteiger partial charge in [-0.15, -0.1) is 0 Å². The molecule has 0 radical (unpaired) electrons. The summed E-state index contributed by atoms with van der Waals surface area (Å²) >= 11 is 11.9. The van der Waals surface area contributed by atoms with Gasteiger partial charge in [0.25, 0.3) is 0 Å². The third kappa shape index (κ3) is 3.91. The lowest BCUT2D eigenvalue weighted by Gasteiger charge is -2.09. The minimum Gasteiger partial charge on any atom is -0.481 e. The lowest BCUT2D eigenvalue weighted by Crippen LogP contribution is -2.13. The fourth-order valence-corrected chi connectivity index (χ4v) is 1.60. The summed E-state index contributed by atoms with van der Waals surface area (Å²) in [5.41, 5.74) is 1.19. The number of aryl methyl sites for hydroxylation is 1. The molecular weight excluding hydrogens is 265 g/mol. The van der Waals surface area contributed by atoms with Crippen LogP contribution >= 0.6 is 23.2 Å². The van der Waals surface area contributed by atoms with Crippen LogP contribution in [0.15, 0.2) is 12.1 Å². The molecule has 92 valence electrons. The van der Waals surface area contributed by atoms with Crippen LogP contribution in [0.2, 0.25) is 10.0 Å². The molecule has 0 fully saturated rings. The van der Waals surface area contributed by atoms with Crippen LogP contribution in [0.3, 0.4) is 0 Å². The summed E-state index contributed by atoms with van der Waals surface area (Å²) in [6, 6.07) is 3.35. The average Bonchev–Trinajstić information content (AvgIpc) is 2.27. The van der Waals surface area contributed by atoms with Gasteiger partial charge >= 0.3 is 5.97 Å². The number of anilines is 1. The fraction of sp³-hybridized carbons (Fsp3) is 0.273. The highest BCUT2D eigenvalue weighted by Gasteiger charge is 2.11. The van der Waals surface area contributed by atoms with E-state index in [1.165, 1.54) is 0 Å². The molecule has 0 aliphatic heterocycles. The predicted octanol–water partition coefficient (Wildman–Crippen LogP) is 3.11. The maximum atomic E-state index is 11.4. The Bertz CT molecular complexity index is 460. The van der Waals surface area contributed by atoms with Crippen LogP contribution in [0, 0.1) is 6.92 Å². The van der Waals surface area contributed by atoms with Crippen molar-refractivity contribution in [3.05, 3.63) is 27.7 Å². The summed E-state index contributed by atoms with van der Waals surface area (Å²) in [7, 11) is 0. The third-order valence-corrected chi connectivity index (χ3v) is 3.09. The van der Waals surface area contributed by atoms with E-state index < -0.39 is 11.9 Å². The number of carboxylic acid groups (broad SMARTS) is 1. The normalized spacial score (nSPS) is 10.1. The Balaban J connectivity index is 2.72. The molecule has 0 spiro atoms. The molecule has 0 unspecified atom stereocenters. The van der Waals surface area contributed by atoms with Crippen LogP contribution < -0.4 is 5.32 Å². The molecule has 6 heteroatoms. The number of halogens is 2. The van der Waals surface area contributed by atoms with Crippen molar-refractivity contribution in [2.24, 2.45) is 0 Å². The van der Waals surface area contributed by atoms with Crippen molar-refractivity contribution in [3.63, 3.8) is 0 Å². The van der Waals surface area contributed by atoms with Crippen LogP contribution in [-0.2, 0) is 9.59 Å². The number of aliphatic carboxylic acids is 1. The second-order valence-electron chi connectivity index (χ2n) is 3.50. The topological polar surface area (TPSA) is 66.4 Å². The van der Waals surface area contributed by atoms with Crippen molar-refractivity contribution in [2.45, 2.75) is 19.8 Å². The second kappa shape index (κ2) is 5.89. The van der Waals surface area contributed by atoms with E-state index in [1.807, 2.05) is 0 Å². The number of nitrogens with one attached hydrogen (secondary N) is 1. The Morgan fingerprint density at radius 3 is 2.47 bits per heavy atom. The molecule has 1 aromatic carbocycles. The van der Waals surface area contributed by atoms with Gasteiger partial charge in [-0.05, 0) is 18.6 Å². The number of carboxylic acids is 1. The molecule has 1 rings (SSSR count). The van der Waals surface area contributed by atoms with E-state index >= 15 is 0 Å². The largest absolute Gasteiger partial charge is 0.481 e. The summed E-state index contributed by atoms with van der Waals surface area (Å²) in [4.78, 5) is 21.7. The van der Waals surface area contributed by atoms with Gasteiger partial charge in [-0.3, -0.25) is 9.59 Å². The van der Waals surface area contributed by atoms with Gasteiger partial charge in [0.05, 0.1) is 22.2 Å². The average molecular weight is 276 g/mol. The SMILES string of the molecule is Cc1ccc(NC(=O)CCC(=O)O)c(Cl)c1Cl. The van der Waals surface area contributed by atoms with Gasteiger partial charge in [0, 0.05) is 6.42 Å². The first-order valence-corrected chi connectivity index (χ1v) is 5.63. The van der Waals surface area contributed by atoms with Crippen molar-refractivity contribution in [2.75, 3.05) is 5.32 Å². The van der Waals surface area contributed by atoms with Gasteiger partial charge in [0.2, 0.25) is 5.91 Å². The lowest BCUT2D eigenvalue weighted by molar-refractivity contribution is -0.138. The van der Waals surface area contributed by atoms with E-state index in [1.54, 1.807) is 19.1 Å². The monoisotopic (exact) mass is 275 g/mol. The maximum Gasteiger partial charge on any atom is 0.303 e. The lowest BCUT2D eigenvalue weighted by atomic mass is 10.2. The Labute approximate surface area is 109 Å². The molecule has 0 aromatic heterocycles. The van der Waals surface area contributed by atoms with E-state index in [0.29, 0.717) is 10.7 Å². The van der Waals surface area contributed by atoms with Crippen molar-refractivity contribution in [1.82, 2.24) is 0 Å². The summed E-state index contributed by atoms with van der Waals surface area (Å²) in [5, 5.41) is 11.6. The summed E-state index contributed by atoms with van der Waals surface area (Å²) in [6.07, 6.45) is -0.319. The van der Waals surface area contributed by atoms with Gasteiger partial charge in [-0.2, -0.15) is 0 Å². The van der Waals surface area contributed by atoms with Gasteiger partial charge in [-0.25, -0.2) is 0 Å². The quantitative estimate of drug-likeness (QED) is 0.887. The minimum absolute atomic E-state index is 0.100. The Hall–Kier alpha value is -1.26. The van der Waals surface area contributed by atoms with E-state index in [4.69, 9.17) is 28.3 Å². The fourth-order valence-electron chi connectivity index (χ4n) is 1.18. The second-order valence-corrected chi connectivity index (χ2v) is 4.26. The zero-order chi connectivity index (χ0) is 13.0. The Morgan fingerprint density at radius 2 is 1.88 bits per heavy atom. The summed E-state index contributed by atoms with van der Waals surface area (Å²) < 4.78 is 0. The molecule has 0 aliphatic rings. The number of rotatable bonds is 4. The zero-order valence-corrected chi connectivity index (χ0v) is 10.6. The van der Waals surface area contributed by atoms with Crippen molar-refractivity contribution in [1.29, 1.82) is 0 Å². The van der Waals surface area contributed by atoms with Gasteiger partial charge < -0.3 is 10.4 Å². The third-order valence-electron chi connectivity index (χ3n) is 2.12. The van der Waals surface area contributed by atoms with Crippen molar-refractivity contribution < 1.29 is 14.7 Å². The molecule has 1 aromatic rings. The zero-order valence-electron chi connectivity index (χ0n) is 9.09. The number of amides is 1. The highest BCUT2D eigenvalue weighted by molar-refractivity contribution is 6.44. The summed E-state index contributed by atoms with van der Waals surface area (Å²) in [6.45, 7) is 1.80. The van der Waals surface area contributed by atoms with Crippen LogP contribution in [0.4, 0.5) is 5.69 Å². The molecule has 0 saturated heterocycles. The van der Waals surface area contributed by atoms with E-state index in [0.717, 1.165) is 5.56 Å². The minimum atomic E-state index is -1.02. The van der Waals surface area contributed by atoms with Crippen molar-refractivity contribution in [3.8, 4) is 0 Å². The maximum absolute atomic E-state index is 11.4. The van der Waals surface area contributed by atoms with Crippen LogP contribution in [-0.4, -0.2) is 17.0 Å². The Morgan fingerprint density at radius 1 is 1.24 bits per heavy atom. The molecule has 0 saturated carbocycles. The molecule has 1 amide bonds. The number of carbonyl (C=O) groups is 2. The number of benzene rings is 1. The standard InChI is InChI=1S/C11H11Cl2NO3/c1-6-2-3-7(11(13)10(6)12)14-8(15)4-5-9(16)17/h2-3H,4-5H2,1H3,(H,14,15)(H,16,17). The molecule has 0 atom stereocenters. The molecule has 17 heavy (non-hydrogen) atoms. The summed E-state index contributed by atoms with van der Waals surface area (Å²) in [5.74, 6) is -1.43. The molecule has 4 nitrogen and oxygen atoms in total. The highest BCUT2D eigenvalue weighted by atomic mass is 35.5.